The Hall–Kier alpha value is -3.49. The van der Waals surface area contributed by atoms with Crippen molar-refractivity contribution in [3.05, 3.63) is 109 Å². The highest BCUT2D eigenvalue weighted by molar-refractivity contribution is 6.99. The standard InChI is InChI=1S/C47H67NO5Si/c1-35(2)42(27-20-30-52-54(47(9,10)11,40-23-15-13-16-24-40)41-25-17-14-18-26-41)43(29-28-36-21-19-22-38(31-36)50-12)44(49)48-33-39(53-46(6,7)8)32-37(48)34-51-45(3,4)5/h13-19,21-26,28-29,31,37,39,42-43H,1,20,27,30,32-34H2,2-12H3/b29-28+/t37-,39+,42-,43+/m0/s1. The topological polar surface area (TPSA) is 57.2 Å². The van der Waals surface area contributed by atoms with Crippen molar-refractivity contribution in [2.45, 2.75) is 117 Å². The maximum absolute atomic E-state index is 15.0. The minimum Gasteiger partial charge on any atom is -0.497 e. The van der Waals surface area contributed by atoms with Crippen molar-refractivity contribution in [2.75, 3.05) is 26.9 Å². The molecule has 0 saturated carbocycles. The van der Waals surface area contributed by atoms with E-state index in [1.54, 1.807) is 7.11 Å². The lowest BCUT2D eigenvalue weighted by atomic mass is 9.82. The molecule has 0 radical (unpaired) electrons. The number of hydrogen-bond donors (Lipinski definition) is 0. The van der Waals surface area contributed by atoms with Crippen molar-refractivity contribution in [3.8, 4) is 5.75 Å². The fraction of sp³-hybridized carbons (Fsp3) is 0.511. The number of ether oxygens (including phenoxy) is 3. The van der Waals surface area contributed by atoms with Gasteiger partial charge in [-0.15, -0.1) is 0 Å². The second-order valence-corrected chi connectivity index (χ2v) is 22.2. The minimum absolute atomic E-state index is 0.0753. The molecule has 294 valence electrons. The molecule has 0 spiro atoms. The summed E-state index contributed by atoms with van der Waals surface area (Å²) in [5.74, 6) is 0.316. The quantitative estimate of drug-likeness (QED) is 0.0829. The molecule has 54 heavy (non-hydrogen) atoms. The summed E-state index contributed by atoms with van der Waals surface area (Å²) < 4.78 is 25.6. The zero-order chi connectivity index (χ0) is 39.7. The van der Waals surface area contributed by atoms with Crippen molar-refractivity contribution >= 4 is 30.7 Å². The second-order valence-electron chi connectivity index (χ2n) is 17.9. The van der Waals surface area contributed by atoms with Crippen LogP contribution in [0.15, 0.2) is 103 Å². The Balaban J connectivity index is 1.67. The molecule has 1 saturated heterocycles. The molecule has 1 amide bonds. The van der Waals surface area contributed by atoms with Crippen molar-refractivity contribution in [2.24, 2.45) is 11.8 Å². The SMILES string of the molecule is C=C(C)[C@H](CCCO[Si](c1ccccc1)(c1ccccc1)C(C)(C)C)[C@@H](/C=C/c1cccc(OC)c1)C(=O)N1C[C@H](OC(C)(C)C)C[C@H]1COC(C)(C)C. The number of rotatable bonds is 16. The summed E-state index contributed by atoms with van der Waals surface area (Å²) in [6, 6.07) is 29.4. The average Bonchev–Trinajstić information content (AvgIpc) is 3.50. The molecule has 3 aromatic rings. The number of likely N-dealkylation sites (tertiary alicyclic amines) is 1. The van der Waals surface area contributed by atoms with E-state index in [9.17, 15) is 0 Å². The van der Waals surface area contributed by atoms with Gasteiger partial charge in [0.15, 0.2) is 0 Å². The van der Waals surface area contributed by atoms with Gasteiger partial charge < -0.3 is 23.5 Å². The van der Waals surface area contributed by atoms with E-state index in [2.05, 4.69) is 149 Å². The Kier molecular flexibility index (Phi) is 14.8. The monoisotopic (exact) mass is 753 g/mol. The van der Waals surface area contributed by atoms with Crippen LogP contribution in [0.2, 0.25) is 5.04 Å². The molecule has 0 aromatic heterocycles. The van der Waals surface area contributed by atoms with Crippen LogP contribution in [0.3, 0.4) is 0 Å². The van der Waals surface area contributed by atoms with Crippen LogP contribution in [0.1, 0.15) is 94.1 Å². The molecule has 3 aromatic carbocycles. The number of hydrogen-bond acceptors (Lipinski definition) is 5. The molecule has 4 atom stereocenters. The first-order chi connectivity index (χ1) is 25.3. The van der Waals surface area contributed by atoms with E-state index < -0.39 is 14.2 Å². The van der Waals surface area contributed by atoms with Gasteiger partial charge in [0.05, 0.1) is 43.0 Å². The van der Waals surface area contributed by atoms with Gasteiger partial charge in [0.25, 0.3) is 8.32 Å². The van der Waals surface area contributed by atoms with E-state index in [0.29, 0.717) is 19.8 Å². The highest BCUT2D eigenvalue weighted by Crippen LogP contribution is 2.38. The zero-order valence-corrected chi connectivity index (χ0v) is 36.0. The molecule has 6 nitrogen and oxygen atoms in total. The molecule has 0 unspecified atom stereocenters. The molecule has 0 N–H and O–H groups in total. The summed E-state index contributed by atoms with van der Waals surface area (Å²) in [6.07, 6.45) is 6.33. The number of carbonyl (C=O) groups excluding carboxylic acids is 1. The highest BCUT2D eigenvalue weighted by Gasteiger charge is 2.50. The van der Waals surface area contributed by atoms with Gasteiger partial charge in [-0.25, -0.2) is 0 Å². The van der Waals surface area contributed by atoms with Crippen molar-refractivity contribution in [3.63, 3.8) is 0 Å². The van der Waals surface area contributed by atoms with E-state index in [1.165, 1.54) is 10.4 Å². The smallest absolute Gasteiger partial charge is 0.261 e. The van der Waals surface area contributed by atoms with Crippen LogP contribution in [0, 0.1) is 11.8 Å². The normalized spacial score (nSPS) is 18.2. The van der Waals surface area contributed by atoms with Gasteiger partial charge >= 0.3 is 0 Å². The summed E-state index contributed by atoms with van der Waals surface area (Å²) in [6.45, 7) is 27.4. The van der Waals surface area contributed by atoms with Gasteiger partial charge in [-0.05, 0) is 107 Å². The number of amides is 1. The fourth-order valence-corrected chi connectivity index (χ4v) is 12.4. The summed E-state index contributed by atoms with van der Waals surface area (Å²) in [5.41, 5.74) is 1.31. The first kappa shape index (κ1) is 43.2. The van der Waals surface area contributed by atoms with Gasteiger partial charge in [-0.3, -0.25) is 4.79 Å². The molecular weight excluding hydrogens is 687 g/mol. The van der Waals surface area contributed by atoms with Gasteiger partial charge in [0.2, 0.25) is 5.91 Å². The number of methoxy groups -OCH3 is 1. The lowest BCUT2D eigenvalue weighted by molar-refractivity contribution is -0.139. The number of benzene rings is 3. The van der Waals surface area contributed by atoms with Crippen LogP contribution in [0.25, 0.3) is 6.08 Å². The molecule has 7 heteroatoms. The summed E-state index contributed by atoms with van der Waals surface area (Å²) >= 11 is 0. The maximum atomic E-state index is 15.0. The highest BCUT2D eigenvalue weighted by atomic mass is 28.4. The second kappa shape index (κ2) is 18.4. The first-order valence-corrected chi connectivity index (χ1v) is 21.6. The molecule has 1 heterocycles. The number of nitrogens with zero attached hydrogens (tertiary/aromatic N) is 1. The average molecular weight is 754 g/mol. The largest absolute Gasteiger partial charge is 0.497 e. The Morgan fingerprint density at radius 2 is 1.50 bits per heavy atom. The number of allylic oxidation sites excluding steroid dienone is 1. The van der Waals surface area contributed by atoms with Crippen molar-refractivity contribution in [1.29, 1.82) is 0 Å². The molecule has 4 rings (SSSR count). The summed E-state index contributed by atoms with van der Waals surface area (Å²) in [5, 5.41) is 2.41. The minimum atomic E-state index is -2.70. The van der Waals surface area contributed by atoms with Gasteiger partial charge in [-0.2, -0.15) is 0 Å². The third kappa shape index (κ3) is 11.5. The molecule has 1 aliphatic rings. The van der Waals surface area contributed by atoms with E-state index in [-0.39, 0.29) is 40.2 Å². The van der Waals surface area contributed by atoms with Crippen molar-refractivity contribution < 1.29 is 23.4 Å². The van der Waals surface area contributed by atoms with Crippen LogP contribution in [-0.2, 0) is 18.7 Å². The Morgan fingerprint density at radius 1 is 0.889 bits per heavy atom. The van der Waals surface area contributed by atoms with Crippen LogP contribution in [-0.4, -0.2) is 69.3 Å². The zero-order valence-electron chi connectivity index (χ0n) is 35.0. The predicted molar refractivity (Wildman–Crippen MR) is 227 cm³/mol. The molecule has 1 aliphatic heterocycles. The Morgan fingerprint density at radius 3 is 2.02 bits per heavy atom. The van der Waals surface area contributed by atoms with E-state index in [0.717, 1.165) is 36.1 Å². The van der Waals surface area contributed by atoms with Crippen LogP contribution in [0.5, 0.6) is 5.75 Å². The maximum Gasteiger partial charge on any atom is 0.261 e. The van der Waals surface area contributed by atoms with Crippen LogP contribution in [0.4, 0.5) is 0 Å². The summed E-state index contributed by atoms with van der Waals surface area (Å²) in [4.78, 5) is 17.1. The molecule has 1 fully saturated rings. The molecular formula is C47H67NO5Si. The predicted octanol–water partition coefficient (Wildman–Crippen LogP) is 9.47. The van der Waals surface area contributed by atoms with Crippen LogP contribution >= 0.6 is 0 Å². The van der Waals surface area contributed by atoms with Crippen molar-refractivity contribution in [1.82, 2.24) is 4.90 Å². The fourth-order valence-electron chi connectivity index (χ4n) is 7.80. The van der Waals surface area contributed by atoms with E-state index in [4.69, 9.17) is 18.6 Å². The first-order valence-electron chi connectivity index (χ1n) is 19.7. The van der Waals surface area contributed by atoms with E-state index >= 15 is 4.79 Å². The Labute approximate surface area is 328 Å². The van der Waals surface area contributed by atoms with Gasteiger partial charge in [-0.1, -0.05) is 118 Å². The van der Waals surface area contributed by atoms with Gasteiger partial charge in [0, 0.05) is 13.2 Å². The number of carbonyl (C=O) groups is 1. The third-order valence-electron chi connectivity index (χ3n) is 10.2. The summed E-state index contributed by atoms with van der Waals surface area (Å²) in [7, 11) is -1.03. The van der Waals surface area contributed by atoms with Gasteiger partial charge in [0.1, 0.15) is 5.75 Å². The molecule has 0 aliphatic carbocycles. The van der Waals surface area contributed by atoms with Crippen LogP contribution < -0.4 is 15.1 Å². The third-order valence-corrected chi connectivity index (χ3v) is 15.3. The Bertz CT molecular complexity index is 1630. The molecule has 0 bridgehead atoms. The lowest BCUT2D eigenvalue weighted by Crippen LogP contribution is -2.66. The van der Waals surface area contributed by atoms with E-state index in [1.807, 2.05) is 29.2 Å². The lowest BCUT2D eigenvalue weighted by Gasteiger charge is -2.43.